The van der Waals surface area contributed by atoms with Gasteiger partial charge in [-0.05, 0) is 55.0 Å². The zero-order chi connectivity index (χ0) is 20.9. The molecule has 0 aliphatic heterocycles. The van der Waals surface area contributed by atoms with Crippen molar-refractivity contribution in [3.05, 3.63) is 84.2 Å². The van der Waals surface area contributed by atoms with Crippen molar-refractivity contribution in [3.63, 3.8) is 0 Å². The summed E-state index contributed by atoms with van der Waals surface area (Å²) in [5.41, 5.74) is 3.00. The number of carbonyl (C=O) groups is 1. The number of hydrogen-bond donors (Lipinski definition) is 2. The lowest BCUT2D eigenvalue weighted by Gasteiger charge is -2.20. The molecule has 0 saturated carbocycles. The Balaban J connectivity index is 1.64. The van der Waals surface area contributed by atoms with Crippen molar-refractivity contribution >= 4 is 27.4 Å². The van der Waals surface area contributed by atoms with Crippen molar-refractivity contribution in [2.45, 2.75) is 18.4 Å². The minimum atomic E-state index is -3.70. The molecule has 2 aromatic carbocycles. The molecule has 0 spiro atoms. The topological polar surface area (TPSA) is 91.4 Å². The molecule has 150 valence electrons. The molecule has 3 rings (SSSR count). The fourth-order valence-electron chi connectivity index (χ4n) is 2.62. The van der Waals surface area contributed by atoms with Gasteiger partial charge in [0.05, 0.1) is 10.6 Å². The van der Waals surface area contributed by atoms with Gasteiger partial charge in [0, 0.05) is 31.7 Å². The minimum Gasteiger partial charge on any atom is -0.334 e. The van der Waals surface area contributed by atoms with Gasteiger partial charge in [0.25, 0.3) is 10.0 Å². The second-order valence-electron chi connectivity index (χ2n) is 6.50. The molecular weight excluding hydrogens is 388 g/mol. The van der Waals surface area contributed by atoms with Crippen LogP contribution in [0.4, 0.5) is 16.2 Å². The largest absolute Gasteiger partial charge is 0.334 e. The highest BCUT2D eigenvalue weighted by atomic mass is 32.2. The molecule has 0 radical (unpaired) electrons. The maximum Gasteiger partial charge on any atom is 0.319 e. The van der Waals surface area contributed by atoms with Crippen LogP contribution in [0.5, 0.6) is 0 Å². The van der Waals surface area contributed by atoms with Crippen LogP contribution in [0, 0.1) is 6.92 Å². The molecule has 29 heavy (non-hydrogen) atoms. The van der Waals surface area contributed by atoms with E-state index in [1.807, 2.05) is 25.1 Å². The van der Waals surface area contributed by atoms with Crippen LogP contribution in [0.15, 0.2) is 78.0 Å². The van der Waals surface area contributed by atoms with Gasteiger partial charge >= 0.3 is 6.03 Å². The number of benzene rings is 2. The van der Waals surface area contributed by atoms with Gasteiger partial charge in [-0.3, -0.25) is 9.29 Å². The molecular formula is C21H22N4O3S. The summed E-state index contributed by atoms with van der Waals surface area (Å²) in [6.45, 7) is 2.28. The van der Waals surface area contributed by atoms with Gasteiger partial charge in [0.15, 0.2) is 0 Å². The summed E-state index contributed by atoms with van der Waals surface area (Å²) in [7, 11) is -2.19. The van der Waals surface area contributed by atoms with Crippen LogP contribution in [0.2, 0.25) is 0 Å². The number of carbonyl (C=O) groups excluding carboxylic acids is 1. The molecule has 2 amide bonds. The lowest BCUT2D eigenvalue weighted by molar-refractivity contribution is 0.251. The third kappa shape index (κ3) is 5.11. The quantitative estimate of drug-likeness (QED) is 0.650. The highest BCUT2D eigenvalue weighted by Crippen LogP contribution is 2.23. The Morgan fingerprint density at radius 2 is 1.72 bits per heavy atom. The second-order valence-corrected chi connectivity index (χ2v) is 8.47. The number of pyridine rings is 1. The van der Waals surface area contributed by atoms with Crippen LogP contribution < -0.4 is 14.9 Å². The normalized spacial score (nSPS) is 11.0. The molecule has 0 unspecified atom stereocenters. The number of nitrogens with zero attached hydrogens (tertiary/aromatic N) is 2. The number of rotatable bonds is 6. The van der Waals surface area contributed by atoms with Crippen LogP contribution in [-0.2, 0) is 16.6 Å². The lowest BCUT2D eigenvalue weighted by atomic mass is 10.2. The zero-order valence-electron chi connectivity index (χ0n) is 16.2. The number of hydrogen-bond acceptors (Lipinski definition) is 4. The predicted octanol–water partition coefficient (Wildman–Crippen LogP) is 3.54. The number of anilines is 2. The molecule has 0 bridgehead atoms. The summed E-state index contributed by atoms with van der Waals surface area (Å²) in [6.07, 6.45) is 3.33. The number of urea groups is 1. The summed E-state index contributed by atoms with van der Waals surface area (Å²) in [5.74, 6) is 0. The van der Waals surface area contributed by atoms with E-state index in [1.165, 1.54) is 23.5 Å². The SMILES string of the molecule is Cc1ccc(N(C)S(=O)(=O)c2ccc(NC(=O)NCc3cccnc3)cc2)cc1. The number of amides is 2. The lowest BCUT2D eigenvalue weighted by Crippen LogP contribution is -2.28. The van der Waals surface area contributed by atoms with Crippen molar-refractivity contribution in [2.75, 3.05) is 16.7 Å². The highest BCUT2D eigenvalue weighted by Gasteiger charge is 2.21. The molecule has 0 atom stereocenters. The Morgan fingerprint density at radius 3 is 2.34 bits per heavy atom. The Bertz CT molecular complexity index is 1070. The Kier molecular flexibility index (Phi) is 6.13. The van der Waals surface area contributed by atoms with Gasteiger partial charge in [0.1, 0.15) is 0 Å². The van der Waals surface area contributed by atoms with Gasteiger partial charge in [0.2, 0.25) is 0 Å². The van der Waals surface area contributed by atoms with Crippen molar-refractivity contribution in [3.8, 4) is 0 Å². The number of aryl methyl sites for hydroxylation is 1. The Morgan fingerprint density at radius 1 is 1.03 bits per heavy atom. The first-order chi connectivity index (χ1) is 13.9. The molecule has 3 aromatic rings. The number of aromatic nitrogens is 1. The first kappa shape index (κ1) is 20.3. The van der Waals surface area contributed by atoms with Gasteiger partial charge in [-0.15, -0.1) is 0 Å². The molecule has 0 aliphatic carbocycles. The second kappa shape index (κ2) is 8.74. The first-order valence-electron chi connectivity index (χ1n) is 8.96. The van der Waals surface area contributed by atoms with E-state index < -0.39 is 10.0 Å². The van der Waals surface area contributed by atoms with Crippen molar-refractivity contribution in [1.29, 1.82) is 0 Å². The third-order valence-electron chi connectivity index (χ3n) is 4.34. The Hall–Kier alpha value is -3.39. The van der Waals surface area contributed by atoms with E-state index in [4.69, 9.17) is 0 Å². The van der Waals surface area contributed by atoms with Crippen molar-refractivity contribution in [2.24, 2.45) is 0 Å². The summed E-state index contributed by atoms with van der Waals surface area (Å²) in [6, 6.07) is 16.6. The van der Waals surface area contributed by atoms with Gasteiger partial charge in [-0.25, -0.2) is 13.2 Å². The van der Waals surface area contributed by atoms with Gasteiger partial charge in [-0.2, -0.15) is 0 Å². The molecule has 0 fully saturated rings. The average Bonchev–Trinajstić information content (AvgIpc) is 2.73. The molecule has 2 N–H and O–H groups in total. The van der Waals surface area contributed by atoms with Crippen LogP contribution in [0.1, 0.15) is 11.1 Å². The monoisotopic (exact) mass is 410 g/mol. The zero-order valence-corrected chi connectivity index (χ0v) is 17.0. The van der Waals surface area contributed by atoms with Crippen LogP contribution in [0.25, 0.3) is 0 Å². The average molecular weight is 410 g/mol. The van der Waals surface area contributed by atoms with Crippen molar-refractivity contribution in [1.82, 2.24) is 10.3 Å². The van der Waals surface area contributed by atoms with Crippen LogP contribution in [0.3, 0.4) is 0 Å². The Labute approximate surface area is 170 Å². The molecule has 0 saturated heterocycles. The molecule has 7 nitrogen and oxygen atoms in total. The number of sulfonamides is 1. The molecule has 1 heterocycles. The van der Waals surface area contributed by atoms with Crippen LogP contribution >= 0.6 is 0 Å². The summed E-state index contributed by atoms with van der Waals surface area (Å²) < 4.78 is 26.9. The molecule has 0 aliphatic rings. The number of nitrogens with one attached hydrogen (secondary N) is 2. The van der Waals surface area contributed by atoms with E-state index in [0.717, 1.165) is 11.1 Å². The maximum atomic E-state index is 12.8. The molecule has 8 heteroatoms. The third-order valence-corrected chi connectivity index (χ3v) is 6.14. The van der Waals surface area contributed by atoms with E-state index in [1.54, 1.807) is 42.7 Å². The van der Waals surface area contributed by atoms with Gasteiger partial charge in [-0.1, -0.05) is 23.8 Å². The van der Waals surface area contributed by atoms with E-state index in [0.29, 0.717) is 17.9 Å². The van der Waals surface area contributed by atoms with E-state index in [2.05, 4.69) is 15.6 Å². The van der Waals surface area contributed by atoms with Gasteiger partial charge < -0.3 is 10.6 Å². The van der Waals surface area contributed by atoms with E-state index >= 15 is 0 Å². The maximum absolute atomic E-state index is 12.8. The first-order valence-corrected chi connectivity index (χ1v) is 10.4. The predicted molar refractivity (Wildman–Crippen MR) is 113 cm³/mol. The summed E-state index contributed by atoms with van der Waals surface area (Å²) >= 11 is 0. The van der Waals surface area contributed by atoms with Crippen molar-refractivity contribution < 1.29 is 13.2 Å². The minimum absolute atomic E-state index is 0.141. The van der Waals surface area contributed by atoms with E-state index in [9.17, 15) is 13.2 Å². The highest BCUT2D eigenvalue weighted by molar-refractivity contribution is 7.92. The van der Waals surface area contributed by atoms with Crippen LogP contribution in [-0.4, -0.2) is 26.5 Å². The summed E-state index contributed by atoms with van der Waals surface area (Å²) in [5, 5.41) is 5.40. The fraction of sp³-hybridized carbons (Fsp3) is 0.143. The summed E-state index contributed by atoms with van der Waals surface area (Å²) in [4.78, 5) is 16.1. The smallest absolute Gasteiger partial charge is 0.319 e. The molecule has 1 aromatic heterocycles. The fourth-order valence-corrected chi connectivity index (χ4v) is 3.82. The van der Waals surface area contributed by atoms with E-state index in [-0.39, 0.29) is 10.9 Å². The standard InChI is InChI=1S/C21H22N4O3S/c1-16-5-9-19(10-6-16)25(2)29(27,28)20-11-7-18(8-12-20)24-21(26)23-15-17-4-3-13-22-14-17/h3-14H,15H2,1-2H3,(H2,23,24,26).